The van der Waals surface area contributed by atoms with Gasteiger partial charge in [-0.3, -0.25) is 4.79 Å². The standard InChI is InChI=1S/C14H24N2O4/c1-3-4-5-8-16-13(18)11(14(19)20-2)12(17)10-7-6-9-15-10/h10,15,17H,3-9H2,1-2H3,(H,16,18)/b12-11-. The van der Waals surface area contributed by atoms with Gasteiger partial charge in [-0.2, -0.15) is 0 Å². The van der Waals surface area contributed by atoms with Crippen molar-refractivity contribution in [1.82, 2.24) is 10.6 Å². The number of carbonyl (C=O) groups excluding carboxylic acids is 2. The number of methoxy groups -OCH3 is 1. The van der Waals surface area contributed by atoms with Crippen LogP contribution in [0.1, 0.15) is 39.0 Å². The Morgan fingerprint density at radius 1 is 1.40 bits per heavy atom. The van der Waals surface area contributed by atoms with Crippen LogP contribution in [0.4, 0.5) is 0 Å². The maximum absolute atomic E-state index is 12.0. The van der Waals surface area contributed by atoms with E-state index in [2.05, 4.69) is 22.3 Å². The van der Waals surface area contributed by atoms with Gasteiger partial charge in [-0.1, -0.05) is 19.8 Å². The number of nitrogens with one attached hydrogen (secondary N) is 2. The number of esters is 1. The van der Waals surface area contributed by atoms with Crippen LogP contribution in [0.5, 0.6) is 0 Å². The molecule has 1 aliphatic rings. The lowest BCUT2D eigenvalue weighted by atomic mass is 10.1. The van der Waals surface area contributed by atoms with Crippen molar-refractivity contribution >= 4 is 11.9 Å². The summed E-state index contributed by atoms with van der Waals surface area (Å²) in [6.45, 7) is 3.32. The van der Waals surface area contributed by atoms with Crippen molar-refractivity contribution in [3.8, 4) is 0 Å². The van der Waals surface area contributed by atoms with Crippen molar-refractivity contribution in [2.75, 3.05) is 20.2 Å². The number of hydrogen-bond acceptors (Lipinski definition) is 5. The Morgan fingerprint density at radius 3 is 2.70 bits per heavy atom. The lowest BCUT2D eigenvalue weighted by Gasteiger charge is -2.14. The predicted octanol–water partition coefficient (Wildman–Crippen LogP) is 1.03. The zero-order valence-corrected chi connectivity index (χ0v) is 12.2. The number of aliphatic hydroxyl groups excluding tert-OH is 1. The number of unbranched alkanes of at least 4 members (excludes halogenated alkanes) is 2. The van der Waals surface area contributed by atoms with Gasteiger partial charge in [0.05, 0.1) is 13.2 Å². The van der Waals surface area contributed by atoms with E-state index in [-0.39, 0.29) is 17.4 Å². The molecule has 1 aliphatic heterocycles. The summed E-state index contributed by atoms with van der Waals surface area (Å²) in [7, 11) is 1.20. The molecule has 1 rings (SSSR count). The molecule has 6 heteroatoms. The molecule has 0 aromatic carbocycles. The first-order chi connectivity index (χ1) is 9.61. The van der Waals surface area contributed by atoms with Crippen molar-refractivity contribution in [1.29, 1.82) is 0 Å². The Kier molecular flexibility index (Phi) is 7.08. The molecular weight excluding hydrogens is 260 g/mol. The van der Waals surface area contributed by atoms with Crippen molar-refractivity contribution in [2.24, 2.45) is 0 Å². The molecule has 0 radical (unpaired) electrons. The summed E-state index contributed by atoms with van der Waals surface area (Å²) in [5.41, 5.74) is -0.289. The number of carbonyl (C=O) groups is 2. The van der Waals surface area contributed by atoms with Gasteiger partial charge in [0.25, 0.3) is 5.91 Å². The maximum Gasteiger partial charge on any atom is 0.347 e. The molecule has 3 N–H and O–H groups in total. The van der Waals surface area contributed by atoms with E-state index in [4.69, 9.17) is 0 Å². The zero-order valence-electron chi connectivity index (χ0n) is 12.2. The van der Waals surface area contributed by atoms with Crippen LogP contribution in [0.15, 0.2) is 11.3 Å². The molecular formula is C14H24N2O4. The fourth-order valence-electron chi connectivity index (χ4n) is 2.17. The van der Waals surface area contributed by atoms with Crippen LogP contribution in [-0.4, -0.2) is 43.2 Å². The van der Waals surface area contributed by atoms with Gasteiger partial charge in [0.1, 0.15) is 5.76 Å². The Labute approximate surface area is 119 Å². The van der Waals surface area contributed by atoms with Crippen LogP contribution in [0, 0.1) is 0 Å². The second-order valence-electron chi connectivity index (χ2n) is 4.86. The van der Waals surface area contributed by atoms with Gasteiger partial charge in [-0.15, -0.1) is 0 Å². The van der Waals surface area contributed by atoms with Crippen molar-refractivity contribution in [2.45, 2.75) is 45.1 Å². The van der Waals surface area contributed by atoms with Gasteiger partial charge in [0.2, 0.25) is 0 Å². The van der Waals surface area contributed by atoms with Gasteiger partial charge in [-0.05, 0) is 25.8 Å². The summed E-state index contributed by atoms with van der Waals surface area (Å²) in [6, 6.07) is -0.342. The molecule has 0 aliphatic carbocycles. The second kappa shape index (κ2) is 8.58. The third kappa shape index (κ3) is 4.52. The lowest BCUT2D eigenvalue weighted by Crippen LogP contribution is -2.34. The van der Waals surface area contributed by atoms with E-state index < -0.39 is 11.9 Å². The normalized spacial score (nSPS) is 19.4. The molecule has 0 bridgehead atoms. The van der Waals surface area contributed by atoms with Gasteiger partial charge >= 0.3 is 5.97 Å². The monoisotopic (exact) mass is 284 g/mol. The molecule has 6 nitrogen and oxygen atoms in total. The molecule has 1 amide bonds. The first-order valence-corrected chi connectivity index (χ1v) is 7.14. The van der Waals surface area contributed by atoms with Crippen LogP contribution in [-0.2, 0) is 14.3 Å². The van der Waals surface area contributed by atoms with E-state index in [1.807, 2.05) is 0 Å². The third-order valence-corrected chi connectivity index (χ3v) is 3.33. The lowest BCUT2D eigenvalue weighted by molar-refractivity contribution is -0.138. The number of amides is 1. The van der Waals surface area contributed by atoms with Gasteiger partial charge in [-0.25, -0.2) is 4.79 Å². The second-order valence-corrected chi connectivity index (χ2v) is 4.86. The fourth-order valence-corrected chi connectivity index (χ4v) is 2.17. The largest absolute Gasteiger partial charge is 0.510 e. The van der Waals surface area contributed by atoms with Crippen LogP contribution < -0.4 is 10.6 Å². The van der Waals surface area contributed by atoms with E-state index in [1.165, 1.54) is 7.11 Å². The highest BCUT2D eigenvalue weighted by Crippen LogP contribution is 2.16. The molecule has 20 heavy (non-hydrogen) atoms. The summed E-state index contributed by atoms with van der Waals surface area (Å²) >= 11 is 0. The maximum atomic E-state index is 12.0. The molecule has 0 aromatic rings. The number of aliphatic hydroxyl groups is 1. The van der Waals surface area contributed by atoms with E-state index in [1.54, 1.807) is 0 Å². The molecule has 114 valence electrons. The van der Waals surface area contributed by atoms with Gasteiger partial charge < -0.3 is 20.5 Å². The Morgan fingerprint density at radius 2 is 2.15 bits per heavy atom. The SMILES string of the molecule is CCCCCNC(=O)/C(C(=O)OC)=C(/O)C1CCCN1. The average Bonchev–Trinajstić information content (AvgIpc) is 2.97. The van der Waals surface area contributed by atoms with E-state index in [0.717, 1.165) is 32.2 Å². The fraction of sp³-hybridized carbons (Fsp3) is 0.714. The van der Waals surface area contributed by atoms with Crippen LogP contribution in [0.3, 0.4) is 0 Å². The number of hydrogen-bond donors (Lipinski definition) is 3. The average molecular weight is 284 g/mol. The summed E-state index contributed by atoms with van der Waals surface area (Å²) < 4.78 is 4.60. The molecule has 1 unspecified atom stereocenters. The zero-order chi connectivity index (χ0) is 15.0. The van der Waals surface area contributed by atoms with Crippen LogP contribution >= 0.6 is 0 Å². The molecule has 1 fully saturated rings. The molecule has 1 atom stereocenters. The number of ether oxygens (including phenoxy) is 1. The summed E-state index contributed by atoms with van der Waals surface area (Å²) in [6.07, 6.45) is 4.51. The summed E-state index contributed by atoms with van der Waals surface area (Å²) in [4.78, 5) is 23.8. The first-order valence-electron chi connectivity index (χ1n) is 7.14. The Bertz CT molecular complexity index is 373. The summed E-state index contributed by atoms with van der Waals surface area (Å²) in [5.74, 6) is -1.59. The molecule has 0 saturated carbocycles. The minimum absolute atomic E-state index is 0.220. The Hall–Kier alpha value is -1.56. The highest BCUT2D eigenvalue weighted by molar-refractivity contribution is 6.16. The Balaban J connectivity index is 2.75. The minimum Gasteiger partial charge on any atom is -0.510 e. The quantitative estimate of drug-likeness (QED) is 0.162. The van der Waals surface area contributed by atoms with Crippen molar-refractivity contribution < 1.29 is 19.4 Å². The van der Waals surface area contributed by atoms with E-state index >= 15 is 0 Å². The molecule has 1 saturated heterocycles. The van der Waals surface area contributed by atoms with Crippen molar-refractivity contribution in [3.05, 3.63) is 11.3 Å². The third-order valence-electron chi connectivity index (χ3n) is 3.33. The minimum atomic E-state index is -0.802. The topological polar surface area (TPSA) is 87.7 Å². The number of rotatable bonds is 7. The highest BCUT2D eigenvalue weighted by Gasteiger charge is 2.29. The molecule has 0 aromatic heterocycles. The van der Waals surface area contributed by atoms with E-state index in [0.29, 0.717) is 13.0 Å². The first kappa shape index (κ1) is 16.5. The predicted molar refractivity (Wildman–Crippen MR) is 75.2 cm³/mol. The van der Waals surface area contributed by atoms with E-state index in [9.17, 15) is 14.7 Å². The van der Waals surface area contributed by atoms with Crippen LogP contribution in [0.25, 0.3) is 0 Å². The van der Waals surface area contributed by atoms with Crippen molar-refractivity contribution in [3.63, 3.8) is 0 Å². The van der Waals surface area contributed by atoms with Gasteiger partial charge in [0.15, 0.2) is 5.57 Å². The van der Waals surface area contributed by atoms with Crippen LogP contribution in [0.2, 0.25) is 0 Å². The highest BCUT2D eigenvalue weighted by atomic mass is 16.5. The smallest absolute Gasteiger partial charge is 0.347 e. The van der Waals surface area contributed by atoms with Gasteiger partial charge in [0, 0.05) is 6.54 Å². The molecule has 0 spiro atoms. The molecule has 1 heterocycles. The summed E-state index contributed by atoms with van der Waals surface area (Å²) in [5, 5.41) is 15.8.